The molecule has 0 aliphatic carbocycles. The Balaban J connectivity index is 2.02. The molecule has 0 fully saturated rings. The molecule has 0 saturated heterocycles. The molecule has 0 radical (unpaired) electrons. The van der Waals surface area contributed by atoms with Crippen molar-refractivity contribution in [3.05, 3.63) is 64.7 Å². The molecule has 1 aromatic heterocycles. The molecule has 0 amide bonds. The van der Waals surface area contributed by atoms with E-state index >= 15 is 0 Å². The number of aliphatic hydroxyl groups excluding tert-OH is 1. The first-order valence-corrected chi connectivity index (χ1v) is 9.19. The number of hydrogen-bond donors (Lipinski definition) is 3. The largest absolute Gasteiger partial charge is 0.394 e. The Labute approximate surface area is 164 Å². The van der Waals surface area contributed by atoms with Gasteiger partial charge in [0.2, 0.25) is 5.95 Å². The Morgan fingerprint density at radius 2 is 1.70 bits per heavy atom. The van der Waals surface area contributed by atoms with Crippen LogP contribution in [0.25, 0.3) is 11.3 Å². The van der Waals surface area contributed by atoms with Gasteiger partial charge in [-0.2, -0.15) is 4.98 Å². The maximum atomic E-state index is 9.34. The Morgan fingerprint density at radius 3 is 2.33 bits per heavy atom. The third-order valence-electron chi connectivity index (χ3n) is 4.20. The fourth-order valence-corrected chi connectivity index (χ4v) is 3.16. The van der Waals surface area contributed by atoms with Gasteiger partial charge in [-0.15, -0.1) is 0 Å². The van der Waals surface area contributed by atoms with Crippen LogP contribution >= 0.6 is 11.6 Å². The normalized spacial score (nSPS) is 11.9. The van der Waals surface area contributed by atoms with Gasteiger partial charge in [-0.1, -0.05) is 41.9 Å². The summed E-state index contributed by atoms with van der Waals surface area (Å²) in [4.78, 5) is 9.17. The summed E-state index contributed by atoms with van der Waals surface area (Å²) in [6.45, 7) is 5.89. The van der Waals surface area contributed by atoms with Crippen molar-refractivity contribution < 1.29 is 5.11 Å². The molecular formula is C21H23ClN4O. The lowest BCUT2D eigenvalue weighted by Gasteiger charge is -2.16. The molecule has 140 valence electrons. The van der Waals surface area contributed by atoms with Crippen LogP contribution in [-0.4, -0.2) is 27.7 Å². The summed E-state index contributed by atoms with van der Waals surface area (Å²) in [6, 6.07) is 15.5. The second kappa shape index (κ2) is 8.37. The first kappa shape index (κ1) is 19.1. The molecule has 6 heteroatoms. The van der Waals surface area contributed by atoms with Crippen molar-refractivity contribution in [2.75, 3.05) is 17.2 Å². The lowest BCUT2D eigenvalue weighted by molar-refractivity contribution is 0.281. The molecular weight excluding hydrogens is 360 g/mol. The number of anilines is 3. The van der Waals surface area contributed by atoms with Crippen molar-refractivity contribution in [2.45, 2.75) is 26.8 Å². The summed E-state index contributed by atoms with van der Waals surface area (Å²) < 4.78 is 0. The number of hydrogen-bond acceptors (Lipinski definition) is 5. The maximum Gasteiger partial charge on any atom is 0.225 e. The highest BCUT2D eigenvalue weighted by atomic mass is 35.5. The second-order valence-electron chi connectivity index (χ2n) is 6.60. The van der Waals surface area contributed by atoms with E-state index in [1.54, 1.807) is 0 Å². The summed E-state index contributed by atoms with van der Waals surface area (Å²) in [5.41, 5.74) is 4.84. The van der Waals surface area contributed by atoms with Crippen LogP contribution in [0.5, 0.6) is 0 Å². The third-order valence-corrected chi connectivity index (χ3v) is 4.41. The molecule has 1 atom stereocenters. The summed E-state index contributed by atoms with van der Waals surface area (Å²) in [5, 5.41) is 16.6. The maximum absolute atomic E-state index is 9.34. The topological polar surface area (TPSA) is 70.1 Å². The van der Waals surface area contributed by atoms with E-state index in [9.17, 15) is 5.11 Å². The Hall–Kier alpha value is -2.63. The minimum Gasteiger partial charge on any atom is -0.394 e. The van der Waals surface area contributed by atoms with Gasteiger partial charge in [0, 0.05) is 28.4 Å². The van der Waals surface area contributed by atoms with Gasteiger partial charge in [-0.05, 0) is 44.0 Å². The van der Waals surface area contributed by atoms with E-state index in [2.05, 4.69) is 20.6 Å². The van der Waals surface area contributed by atoms with Crippen molar-refractivity contribution in [3.63, 3.8) is 0 Å². The average Bonchev–Trinajstić information content (AvgIpc) is 2.65. The molecule has 3 N–H and O–H groups in total. The molecule has 0 spiro atoms. The zero-order chi connectivity index (χ0) is 19.4. The zero-order valence-electron chi connectivity index (χ0n) is 15.6. The fraction of sp³-hybridized carbons (Fsp3) is 0.238. The zero-order valence-corrected chi connectivity index (χ0v) is 16.4. The van der Waals surface area contributed by atoms with Gasteiger partial charge in [-0.25, -0.2) is 4.98 Å². The molecule has 0 saturated carbocycles. The molecule has 3 rings (SSSR count). The SMILES string of the molecule is Cc1cc(Cl)cc(C)c1Nc1cc(-c2ccccc2)nc(N[C@H](C)CO)n1. The van der Waals surface area contributed by atoms with E-state index in [4.69, 9.17) is 11.6 Å². The van der Waals surface area contributed by atoms with Gasteiger partial charge in [0.1, 0.15) is 5.82 Å². The van der Waals surface area contributed by atoms with Crippen LogP contribution in [-0.2, 0) is 0 Å². The Kier molecular flexibility index (Phi) is 5.94. The highest BCUT2D eigenvalue weighted by Gasteiger charge is 2.11. The smallest absolute Gasteiger partial charge is 0.225 e. The molecule has 0 bridgehead atoms. The molecule has 0 aliphatic heterocycles. The third kappa shape index (κ3) is 4.76. The molecule has 1 heterocycles. The van der Waals surface area contributed by atoms with E-state index in [-0.39, 0.29) is 12.6 Å². The van der Waals surface area contributed by atoms with Gasteiger partial charge in [0.15, 0.2) is 0 Å². The number of aryl methyl sites for hydroxylation is 2. The predicted molar refractivity (Wildman–Crippen MR) is 112 cm³/mol. The average molecular weight is 383 g/mol. The number of aromatic nitrogens is 2. The monoisotopic (exact) mass is 382 g/mol. The van der Waals surface area contributed by atoms with Crippen molar-refractivity contribution in [1.29, 1.82) is 0 Å². The van der Waals surface area contributed by atoms with E-state index in [0.717, 1.165) is 28.1 Å². The van der Waals surface area contributed by atoms with Crippen LogP contribution in [0.3, 0.4) is 0 Å². The van der Waals surface area contributed by atoms with Gasteiger partial charge in [0.05, 0.1) is 12.3 Å². The first-order valence-electron chi connectivity index (χ1n) is 8.82. The molecule has 5 nitrogen and oxygen atoms in total. The van der Waals surface area contributed by atoms with Crippen molar-refractivity contribution in [2.24, 2.45) is 0 Å². The Morgan fingerprint density at radius 1 is 1.04 bits per heavy atom. The highest BCUT2D eigenvalue weighted by Crippen LogP contribution is 2.29. The number of halogens is 1. The summed E-state index contributed by atoms with van der Waals surface area (Å²) >= 11 is 6.14. The first-order chi connectivity index (χ1) is 13.0. The van der Waals surface area contributed by atoms with Crippen LogP contribution < -0.4 is 10.6 Å². The minimum absolute atomic E-state index is 0.00289. The summed E-state index contributed by atoms with van der Waals surface area (Å²) in [5.74, 6) is 1.13. The summed E-state index contributed by atoms with van der Waals surface area (Å²) in [6.07, 6.45) is 0. The van der Waals surface area contributed by atoms with E-state index in [0.29, 0.717) is 16.8 Å². The van der Waals surface area contributed by atoms with Gasteiger partial charge >= 0.3 is 0 Å². The van der Waals surface area contributed by atoms with E-state index in [1.807, 2.05) is 69.3 Å². The lowest BCUT2D eigenvalue weighted by Crippen LogP contribution is -2.21. The predicted octanol–water partition coefficient (Wildman–Crippen LogP) is 4.95. The van der Waals surface area contributed by atoms with Gasteiger partial charge < -0.3 is 15.7 Å². The number of nitrogens with one attached hydrogen (secondary N) is 2. The van der Waals surface area contributed by atoms with E-state index in [1.165, 1.54) is 0 Å². The number of benzene rings is 2. The molecule has 2 aromatic carbocycles. The standard InChI is InChI=1S/C21H23ClN4O/c1-13-9-17(22)10-14(2)20(13)25-19-11-18(16-7-5-4-6-8-16)24-21(26-19)23-15(3)12-27/h4-11,15,27H,12H2,1-3H3,(H2,23,24,25,26)/t15-/m1/s1. The molecule has 27 heavy (non-hydrogen) atoms. The molecule has 3 aromatic rings. The van der Waals surface area contributed by atoms with Crippen LogP contribution in [0, 0.1) is 13.8 Å². The van der Waals surface area contributed by atoms with Crippen LogP contribution in [0.4, 0.5) is 17.5 Å². The number of rotatable bonds is 6. The van der Waals surface area contributed by atoms with Crippen molar-refractivity contribution >= 4 is 29.1 Å². The van der Waals surface area contributed by atoms with Gasteiger partial charge in [-0.3, -0.25) is 0 Å². The van der Waals surface area contributed by atoms with Crippen LogP contribution in [0.15, 0.2) is 48.5 Å². The number of aliphatic hydroxyl groups is 1. The quantitative estimate of drug-likeness (QED) is 0.562. The van der Waals surface area contributed by atoms with Crippen LogP contribution in [0.2, 0.25) is 5.02 Å². The Bertz CT molecular complexity index is 908. The molecule has 0 unspecified atom stereocenters. The minimum atomic E-state index is -0.150. The highest BCUT2D eigenvalue weighted by molar-refractivity contribution is 6.30. The van der Waals surface area contributed by atoms with Crippen LogP contribution in [0.1, 0.15) is 18.1 Å². The van der Waals surface area contributed by atoms with E-state index < -0.39 is 0 Å². The fourth-order valence-electron chi connectivity index (χ4n) is 2.83. The van der Waals surface area contributed by atoms with Crippen molar-refractivity contribution in [1.82, 2.24) is 9.97 Å². The molecule has 0 aliphatic rings. The van der Waals surface area contributed by atoms with Gasteiger partial charge in [0.25, 0.3) is 0 Å². The van der Waals surface area contributed by atoms with Crippen molar-refractivity contribution in [3.8, 4) is 11.3 Å². The lowest BCUT2D eigenvalue weighted by atomic mass is 10.1. The second-order valence-corrected chi connectivity index (χ2v) is 7.03. The summed E-state index contributed by atoms with van der Waals surface area (Å²) in [7, 11) is 0. The number of nitrogens with zero attached hydrogens (tertiary/aromatic N) is 2.